The monoisotopic (exact) mass is 362 g/mol. The Morgan fingerprint density at radius 2 is 1.95 bits per heavy atom. The molecule has 0 aliphatic carbocycles. The van der Waals surface area contributed by atoms with Crippen LogP contribution in [0.25, 0.3) is 0 Å². The number of benzene rings is 1. The quantitative estimate of drug-likeness (QED) is 0.841. The molecule has 5 nitrogen and oxygen atoms in total. The molecular weight excluding hydrogens is 344 g/mol. The predicted octanol–water partition coefficient (Wildman–Crippen LogP) is 2.26. The van der Waals surface area contributed by atoms with E-state index in [2.05, 4.69) is 35.1 Å². The van der Waals surface area contributed by atoms with Gasteiger partial charge in [-0.2, -0.15) is 0 Å². The van der Waals surface area contributed by atoms with Crippen LogP contribution >= 0.6 is 15.9 Å². The molecule has 3 N–H and O–H groups in total. The van der Waals surface area contributed by atoms with Gasteiger partial charge in [0.15, 0.2) is 0 Å². The molecule has 1 rings (SSSR count). The van der Waals surface area contributed by atoms with E-state index < -0.39 is 10.0 Å². The molecule has 0 aliphatic heterocycles. The van der Waals surface area contributed by atoms with Crippen LogP contribution in [0.2, 0.25) is 0 Å². The highest BCUT2D eigenvalue weighted by Gasteiger charge is 2.17. The molecule has 20 heavy (non-hydrogen) atoms. The fourth-order valence-electron chi connectivity index (χ4n) is 1.92. The first-order valence-corrected chi connectivity index (χ1v) is 8.58. The molecule has 0 aliphatic rings. The van der Waals surface area contributed by atoms with Gasteiger partial charge in [0.1, 0.15) is 0 Å². The van der Waals surface area contributed by atoms with E-state index in [0.717, 1.165) is 6.42 Å². The summed E-state index contributed by atoms with van der Waals surface area (Å²) < 4.78 is 23.2. The summed E-state index contributed by atoms with van der Waals surface area (Å²) in [6.45, 7) is 6.05. The van der Waals surface area contributed by atoms with Crippen LogP contribution in [0.15, 0.2) is 27.6 Å². The van der Waals surface area contributed by atoms with Crippen molar-refractivity contribution in [2.45, 2.75) is 38.1 Å². The second kappa shape index (κ2) is 6.69. The molecular formula is C13H19BrN2O3S. The molecule has 1 aromatic rings. The molecule has 0 heterocycles. The van der Waals surface area contributed by atoms with Crippen molar-refractivity contribution >= 4 is 31.9 Å². The van der Waals surface area contributed by atoms with E-state index in [1.54, 1.807) is 0 Å². The number of primary sulfonamides is 1. The van der Waals surface area contributed by atoms with Crippen molar-refractivity contribution < 1.29 is 13.2 Å². The SMILES string of the molecule is CC(C)CC(C)NC(=O)c1cc(S(N)(=O)=O)ccc1Br. The standard InChI is InChI=1S/C13H19BrN2O3S/c1-8(2)6-9(3)16-13(17)11-7-10(20(15,18)19)4-5-12(11)14/h4-5,7-9H,6H2,1-3H3,(H,16,17)(H2,15,18,19). The molecule has 0 saturated carbocycles. The van der Waals surface area contributed by atoms with Gasteiger partial charge in [0.25, 0.3) is 5.91 Å². The fraction of sp³-hybridized carbons (Fsp3) is 0.462. The van der Waals surface area contributed by atoms with E-state index in [-0.39, 0.29) is 22.4 Å². The lowest BCUT2D eigenvalue weighted by Crippen LogP contribution is -2.33. The molecule has 0 radical (unpaired) electrons. The third-order valence-corrected chi connectivity index (χ3v) is 4.32. The fourth-order valence-corrected chi connectivity index (χ4v) is 2.89. The third kappa shape index (κ3) is 4.88. The minimum atomic E-state index is -3.82. The van der Waals surface area contributed by atoms with Gasteiger partial charge >= 0.3 is 0 Å². The van der Waals surface area contributed by atoms with Gasteiger partial charge in [0.2, 0.25) is 10.0 Å². The zero-order valence-electron chi connectivity index (χ0n) is 11.7. The Kier molecular flexibility index (Phi) is 5.73. The molecule has 0 bridgehead atoms. The van der Waals surface area contributed by atoms with Gasteiger partial charge in [0.05, 0.1) is 10.5 Å². The lowest BCUT2D eigenvalue weighted by atomic mass is 10.0. The zero-order chi connectivity index (χ0) is 15.5. The molecule has 0 fully saturated rings. The minimum Gasteiger partial charge on any atom is -0.350 e. The molecule has 0 spiro atoms. The van der Waals surface area contributed by atoms with Crippen molar-refractivity contribution in [2.24, 2.45) is 11.1 Å². The third-order valence-electron chi connectivity index (χ3n) is 2.71. The number of nitrogens with two attached hydrogens (primary N) is 1. The van der Waals surface area contributed by atoms with Gasteiger partial charge in [-0.3, -0.25) is 4.79 Å². The summed E-state index contributed by atoms with van der Waals surface area (Å²) >= 11 is 3.24. The second-order valence-corrected chi connectivity index (χ2v) is 7.61. The van der Waals surface area contributed by atoms with Gasteiger partial charge in [-0.05, 0) is 53.4 Å². The summed E-state index contributed by atoms with van der Waals surface area (Å²) in [5, 5.41) is 7.91. The number of hydrogen-bond donors (Lipinski definition) is 2. The molecule has 7 heteroatoms. The molecule has 0 saturated heterocycles. The Morgan fingerprint density at radius 1 is 1.35 bits per heavy atom. The van der Waals surface area contributed by atoms with Gasteiger partial charge in [0, 0.05) is 10.5 Å². The van der Waals surface area contributed by atoms with Gasteiger partial charge in [-0.25, -0.2) is 13.6 Å². The van der Waals surface area contributed by atoms with Gasteiger partial charge in [-0.15, -0.1) is 0 Å². The second-order valence-electron chi connectivity index (χ2n) is 5.19. The lowest BCUT2D eigenvalue weighted by Gasteiger charge is -2.16. The van der Waals surface area contributed by atoms with Crippen LogP contribution in [-0.4, -0.2) is 20.4 Å². The van der Waals surface area contributed by atoms with Crippen molar-refractivity contribution in [2.75, 3.05) is 0 Å². The van der Waals surface area contributed by atoms with Crippen LogP contribution in [0.3, 0.4) is 0 Å². The maximum absolute atomic E-state index is 12.2. The largest absolute Gasteiger partial charge is 0.350 e. The van der Waals surface area contributed by atoms with E-state index in [9.17, 15) is 13.2 Å². The summed E-state index contributed by atoms with van der Waals surface area (Å²) in [4.78, 5) is 12.1. The van der Waals surface area contributed by atoms with E-state index >= 15 is 0 Å². The van der Waals surface area contributed by atoms with Crippen LogP contribution in [-0.2, 0) is 10.0 Å². The van der Waals surface area contributed by atoms with Gasteiger partial charge < -0.3 is 5.32 Å². The first-order valence-electron chi connectivity index (χ1n) is 6.24. The van der Waals surface area contributed by atoms with Crippen molar-refractivity contribution in [3.05, 3.63) is 28.2 Å². The average molecular weight is 363 g/mol. The number of rotatable bonds is 5. The van der Waals surface area contributed by atoms with E-state index in [1.807, 2.05) is 6.92 Å². The zero-order valence-corrected chi connectivity index (χ0v) is 14.1. The normalized spacial score (nSPS) is 13.3. The number of hydrogen-bond acceptors (Lipinski definition) is 3. The first-order chi connectivity index (χ1) is 9.11. The molecule has 1 atom stereocenters. The molecule has 1 unspecified atom stereocenters. The topological polar surface area (TPSA) is 89.3 Å². The van der Waals surface area contributed by atoms with Crippen LogP contribution in [0.5, 0.6) is 0 Å². The number of amides is 1. The Labute approximate surface area is 128 Å². The summed E-state index contributed by atoms with van der Waals surface area (Å²) in [6, 6.07) is 4.14. The van der Waals surface area contributed by atoms with Crippen molar-refractivity contribution in [1.29, 1.82) is 0 Å². The summed E-state index contributed by atoms with van der Waals surface area (Å²) in [5.41, 5.74) is 0.257. The van der Waals surface area contributed by atoms with Crippen LogP contribution in [0.4, 0.5) is 0 Å². The molecule has 112 valence electrons. The maximum atomic E-state index is 12.2. The number of sulfonamides is 1. The summed E-state index contributed by atoms with van der Waals surface area (Å²) in [7, 11) is -3.82. The van der Waals surface area contributed by atoms with Crippen LogP contribution in [0.1, 0.15) is 37.6 Å². The lowest BCUT2D eigenvalue weighted by molar-refractivity contribution is 0.0935. The van der Waals surface area contributed by atoms with E-state index in [4.69, 9.17) is 5.14 Å². The number of carbonyl (C=O) groups is 1. The highest BCUT2D eigenvalue weighted by molar-refractivity contribution is 9.10. The summed E-state index contributed by atoms with van der Waals surface area (Å²) in [5.74, 6) is 0.139. The average Bonchev–Trinajstić information content (AvgIpc) is 2.26. The highest BCUT2D eigenvalue weighted by Crippen LogP contribution is 2.20. The molecule has 1 aromatic carbocycles. The Morgan fingerprint density at radius 3 is 2.45 bits per heavy atom. The van der Waals surface area contributed by atoms with Crippen molar-refractivity contribution in [1.82, 2.24) is 5.32 Å². The van der Waals surface area contributed by atoms with Gasteiger partial charge in [-0.1, -0.05) is 13.8 Å². The van der Waals surface area contributed by atoms with Crippen molar-refractivity contribution in [3.63, 3.8) is 0 Å². The number of carbonyl (C=O) groups excluding carboxylic acids is 1. The highest BCUT2D eigenvalue weighted by atomic mass is 79.9. The maximum Gasteiger partial charge on any atom is 0.252 e. The number of halogens is 1. The number of nitrogens with one attached hydrogen (secondary N) is 1. The Balaban J connectivity index is 2.98. The smallest absolute Gasteiger partial charge is 0.252 e. The molecule has 0 aromatic heterocycles. The first kappa shape index (κ1) is 17.1. The summed E-state index contributed by atoms with van der Waals surface area (Å²) in [6.07, 6.45) is 0.845. The Hall–Kier alpha value is -0.920. The van der Waals surface area contributed by atoms with Crippen LogP contribution in [0, 0.1) is 5.92 Å². The van der Waals surface area contributed by atoms with E-state index in [0.29, 0.717) is 10.4 Å². The minimum absolute atomic E-state index is 0.00698. The van der Waals surface area contributed by atoms with E-state index in [1.165, 1.54) is 18.2 Å². The predicted molar refractivity (Wildman–Crippen MR) is 81.9 cm³/mol. The van der Waals surface area contributed by atoms with Crippen LogP contribution < -0.4 is 10.5 Å². The Bertz CT molecular complexity index is 600. The molecule has 1 amide bonds. The van der Waals surface area contributed by atoms with Crippen molar-refractivity contribution in [3.8, 4) is 0 Å².